The van der Waals surface area contributed by atoms with Crippen LogP contribution in [-0.2, 0) is 20.7 Å². The number of anilines is 1. The Balaban J connectivity index is 1.68. The molecule has 1 fully saturated rings. The molecule has 25 heavy (non-hydrogen) atoms. The summed E-state index contributed by atoms with van der Waals surface area (Å²) in [4.78, 5) is 26.4. The molecule has 0 unspecified atom stereocenters. The van der Waals surface area contributed by atoms with Crippen LogP contribution in [0, 0.1) is 5.92 Å². The minimum atomic E-state index is 0.00710. The van der Waals surface area contributed by atoms with Crippen molar-refractivity contribution in [2.45, 2.75) is 32.6 Å². The van der Waals surface area contributed by atoms with Crippen molar-refractivity contribution < 1.29 is 14.3 Å². The average Bonchev–Trinajstić information content (AvgIpc) is 2.63. The second kappa shape index (κ2) is 10.0. The van der Waals surface area contributed by atoms with Crippen LogP contribution >= 0.6 is 0 Å². The van der Waals surface area contributed by atoms with E-state index in [4.69, 9.17) is 10.5 Å². The van der Waals surface area contributed by atoms with Gasteiger partial charge in [-0.3, -0.25) is 9.59 Å². The maximum atomic E-state index is 12.4. The molecule has 1 aromatic rings. The van der Waals surface area contributed by atoms with E-state index in [2.05, 4.69) is 5.32 Å². The molecule has 1 saturated heterocycles. The van der Waals surface area contributed by atoms with Crippen molar-refractivity contribution in [2.75, 3.05) is 38.6 Å². The lowest BCUT2D eigenvalue weighted by molar-refractivity contribution is -0.135. The molecule has 6 nitrogen and oxygen atoms in total. The van der Waals surface area contributed by atoms with E-state index in [1.165, 1.54) is 0 Å². The molecule has 138 valence electrons. The largest absolute Gasteiger partial charge is 0.399 e. The number of hydrogen-bond donors (Lipinski definition) is 2. The van der Waals surface area contributed by atoms with Crippen LogP contribution in [0.5, 0.6) is 0 Å². The molecule has 1 aliphatic rings. The van der Waals surface area contributed by atoms with E-state index in [0.29, 0.717) is 45.0 Å². The van der Waals surface area contributed by atoms with E-state index >= 15 is 0 Å². The number of ether oxygens (including phenoxy) is 1. The van der Waals surface area contributed by atoms with Crippen LogP contribution in [0.15, 0.2) is 24.3 Å². The number of rotatable bonds is 8. The molecule has 0 atom stereocenters. The molecule has 1 aromatic carbocycles. The summed E-state index contributed by atoms with van der Waals surface area (Å²) in [5, 5.41) is 2.97. The van der Waals surface area contributed by atoms with Crippen molar-refractivity contribution in [3.63, 3.8) is 0 Å². The first-order valence-corrected chi connectivity index (χ1v) is 9.07. The van der Waals surface area contributed by atoms with Crippen molar-refractivity contribution >= 4 is 17.5 Å². The van der Waals surface area contributed by atoms with Crippen LogP contribution in [0.2, 0.25) is 0 Å². The van der Waals surface area contributed by atoms with Gasteiger partial charge in [0.1, 0.15) is 0 Å². The third-order valence-electron chi connectivity index (χ3n) is 4.52. The quantitative estimate of drug-likeness (QED) is 0.552. The topological polar surface area (TPSA) is 84.7 Å². The molecule has 0 spiro atoms. The van der Waals surface area contributed by atoms with Gasteiger partial charge in [-0.2, -0.15) is 0 Å². The number of likely N-dealkylation sites (tertiary alicyclic amines) is 1. The summed E-state index contributed by atoms with van der Waals surface area (Å²) < 4.78 is 5.25. The molecule has 0 aliphatic carbocycles. The summed E-state index contributed by atoms with van der Waals surface area (Å²) >= 11 is 0. The van der Waals surface area contributed by atoms with Gasteiger partial charge in [-0.05, 0) is 43.9 Å². The standard InChI is InChI=1S/C19H29N3O3/c1-2-25-13-3-10-21-19(24)16-8-11-22(12-9-16)18(23)14-15-4-6-17(20)7-5-15/h4-7,16H,2-3,8-14,20H2,1H3,(H,21,24). The highest BCUT2D eigenvalue weighted by Crippen LogP contribution is 2.18. The zero-order valence-electron chi connectivity index (χ0n) is 15.0. The van der Waals surface area contributed by atoms with Crippen molar-refractivity contribution in [1.82, 2.24) is 10.2 Å². The first-order valence-electron chi connectivity index (χ1n) is 9.07. The predicted molar refractivity (Wildman–Crippen MR) is 98.0 cm³/mol. The summed E-state index contributed by atoms with van der Waals surface area (Å²) in [6.07, 6.45) is 2.67. The Morgan fingerprint density at radius 2 is 1.92 bits per heavy atom. The van der Waals surface area contributed by atoms with Crippen molar-refractivity contribution in [1.29, 1.82) is 0 Å². The first kappa shape index (κ1) is 19.2. The Labute approximate surface area is 149 Å². The summed E-state index contributed by atoms with van der Waals surface area (Å²) in [7, 11) is 0. The lowest BCUT2D eigenvalue weighted by Crippen LogP contribution is -2.43. The van der Waals surface area contributed by atoms with Gasteiger partial charge in [-0.1, -0.05) is 12.1 Å². The smallest absolute Gasteiger partial charge is 0.226 e. The molecular formula is C19H29N3O3. The second-order valence-electron chi connectivity index (χ2n) is 6.41. The van der Waals surface area contributed by atoms with Crippen LogP contribution in [0.3, 0.4) is 0 Å². The van der Waals surface area contributed by atoms with E-state index in [1.54, 1.807) is 0 Å². The fourth-order valence-electron chi connectivity index (χ4n) is 2.99. The number of nitrogens with one attached hydrogen (secondary N) is 1. The number of hydrogen-bond acceptors (Lipinski definition) is 4. The molecule has 0 saturated carbocycles. The molecule has 2 amide bonds. The van der Waals surface area contributed by atoms with E-state index in [9.17, 15) is 9.59 Å². The SMILES string of the molecule is CCOCCCNC(=O)C1CCN(C(=O)Cc2ccc(N)cc2)CC1. The fraction of sp³-hybridized carbons (Fsp3) is 0.579. The number of nitrogens with zero attached hydrogens (tertiary/aromatic N) is 1. The van der Waals surface area contributed by atoms with Crippen LogP contribution < -0.4 is 11.1 Å². The molecule has 1 heterocycles. The molecule has 6 heteroatoms. The molecule has 0 bridgehead atoms. The zero-order valence-corrected chi connectivity index (χ0v) is 15.0. The lowest BCUT2D eigenvalue weighted by Gasteiger charge is -2.31. The van der Waals surface area contributed by atoms with Gasteiger partial charge in [0.2, 0.25) is 11.8 Å². The molecule has 3 N–H and O–H groups in total. The predicted octanol–water partition coefficient (Wildman–Crippen LogP) is 1.59. The Hall–Kier alpha value is -2.08. The Bertz CT molecular complexity index is 552. The number of piperidine rings is 1. The summed E-state index contributed by atoms with van der Waals surface area (Å²) in [6, 6.07) is 7.39. The highest BCUT2D eigenvalue weighted by molar-refractivity contribution is 5.81. The number of amides is 2. The van der Waals surface area contributed by atoms with Gasteiger partial charge >= 0.3 is 0 Å². The minimum absolute atomic E-state index is 0.00710. The van der Waals surface area contributed by atoms with Gasteiger partial charge in [0.15, 0.2) is 0 Å². The maximum Gasteiger partial charge on any atom is 0.226 e. The second-order valence-corrected chi connectivity index (χ2v) is 6.41. The summed E-state index contributed by atoms with van der Waals surface area (Å²) in [5.41, 5.74) is 7.33. The van der Waals surface area contributed by atoms with Crippen LogP contribution in [0.4, 0.5) is 5.69 Å². The third kappa shape index (κ3) is 6.38. The van der Waals surface area contributed by atoms with E-state index < -0.39 is 0 Å². The van der Waals surface area contributed by atoms with Gasteiger partial charge in [-0.15, -0.1) is 0 Å². The molecule has 2 rings (SSSR count). The van der Waals surface area contributed by atoms with Crippen LogP contribution in [0.25, 0.3) is 0 Å². The van der Waals surface area contributed by atoms with E-state index in [0.717, 1.165) is 24.8 Å². The number of benzene rings is 1. The fourth-order valence-corrected chi connectivity index (χ4v) is 2.99. The minimum Gasteiger partial charge on any atom is -0.399 e. The monoisotopic (exact) mass is 347 g/mol. The van der Waals surface area contributed by atoms with Gasteiger partial charge in [0.05, 0.1) is 6.42 Å². The van der Waals surface area contributed by atoms with Crippen molar-refractivity contribution in [3.05, 3.63) is 29.8 Å². The Kier molecular flexibility index (Phi) is 7.73. The molecule has 0 radical (unpaired) electrons. The van der Waals surface area contributed by atoms with Crippen LogP contribution in [0.1, 0.15) is 31.7 Å². The van der Waals surface area contributed by atoms with Crippen molar-refractivity contribution in [3.8, 4) is 0 Å². The Morgan fingerprint density at radius 1 is 1.24 bits per heavy atom. The average molecular weight is 347 g/mol. The van der Waals surface area contributed by atoms with Gasteiger partial charge in [-0.25, -0.2) is 0 Å². The maximum absolute atomic E-state index is 12.4. The number of nitrogen functional groups attached to an aromatic ring is 1. The molecule has 1 aliphatic heterocycles. The number of carbonyl (C=O) groups excluding carboxylic acids is 2. The van der Waals surface area contributed by atoms with Gasteiger partial charge in [0.25, 0.3) is 0 Å². The van der Waals surface area contributed by atoms with E-state index in [-0.39, 0.29) is 17.7 Å². The lowest BCUT2D eigenvalue weighted by atomic mass is 9.95. The normalized spacial score (nSPS) is 15.2. The third-order valence-corrected chi connectivity index (χ3v) is 4.52. The van der Waals surface area contributed by atoms with Gasteiger partial charge < -0.3 is 20.7 Å². The van der Waals surface area contributed by atoms with Crippen LogP contribution in [-0.4, -0.2) is 49.6 Å². The first-order chi connectivity index (χ1) is 12.1. The number of carbonyl (C=O) groups is 2. The molecule has 0 aromatic heterocycles. The highest BCUT2D eigenvalue weighted by atomic mass is 16.5. The zero-order chi connectivity index (χ0) is 18.1. The number of nitrogens with two attached hydrogens (primary N) is 1. The van der Waals surface area contributed by atoms with E-state index in [1.807, 2.05) is 36.1 Å². The van der Waals surface area contributed by atoms with Crippen molar-refractivity contribution in [2.24, 2.45) is 5.92 Å². The summed E-state index contributed by atoms with van der Waals surface area (Å²) in [5.74, 6) is 0.218. The molecular weight excluding hydrogens is 318 g/mol. The Morgan fingerprint density at radius 3 is 2.56 bits per heavy atom. The highest BCUT2D eigenvalue weighted by Gasteiger charge is 2.27. The summed E-state index contributed by atoms with van der Waals surface area (Å²) in [6.45, 7) is 5.28. The van der Waals surface area contributed by atoms with Gasteiger partial charge in [0, 0.05) is 44.5 Å².